The Hall–Kier alpha value is -2.74. The van der Waals surface area contributed by atoms with Crippen LogP contribution in [0.15, 0.2) is 60.0 Å². The molecule has 31 heavy (non-hydrogen) atoms. The summed E-state index contributed by atoms with van der Waals surface area (Å²) in [4.78, 5) is 19.8. The van der Waals surface area contributed by atoms with Gasteiger partial charge in [0.2, 0.25) is 0 Å². The lowest BCUT2D eigenvalue weighted by atomic mass is 10.1. The van der Waals surface area contributed by atoms with Crippen molar-refractivity contribution in [2.45, 2.75) is 19.6 Å². The Balaban J connectivity index is 1.43. The Morgan fingerprint density at radius 2 is 2.00 bits per heavy atom. The molecule has 1 amide bonds. The highest BCUT2D eigenvalue weighted by Crippen LogP contribution is 2.19. The number of amides is 1. The number of ether oxygens (including phenoxy) is 2. The molecule has 1 fully saturated rings. The van der Waals surface area contributed by atoms with E-state index in [2.05, 4.69) is 27.3 Å². The van der Waals surface area contributed by atoms with Crippen LogP contribution in [0.25, 0.3) is 0 Å². The van der Waals surface area contributed by atoms with Crippen molar-refractivity contribution in [1.82, 2.24) is 15.2 Å². The third kappa shape index (κ3) is 6.13. The van der Waals surface area contributed by atoms with Crippen LogP contribution in [0.1, 0.15) is 32.7 Å². The number of aryl methyl sites for hydroxylation is 1. The molecule has 0 saturated carbocycles. The van der Waals surface area contributed by atoms with E-state index in [1.807, 2.05) is 48.7 Å². The minimum atomic E-state index is -0.114. The molecule has 1 atom stereocenters. The molecule has 2 heterocycles. The minimum absolute atomic E-state index is 0.102. The highest BCUT2D eigenvalue weighted by molar-refractivity contribution is 7.09. The number of carbonyl (C=O) groups is 1. The number of morpholine rings is 1. The van der Waals surface area contributed by atoms with E-state index >= 15 is 0 Å². The Labute approximate surface area is 186 Å². The number of benzene rings is 2. The number of carbonyl (C=O) groups excluding carboxylic acids is 1. The molecule has 1 aliphatic rings. The van der Waals surface area contributed by atoms with E-state index in [4.69, 9.17) is 9.47 Å². The van der Waals surface area contributed by atoms with Gasteiger partial charge >= 0.3 is 0 Å². The molecule has 1 N–H and O–H groups in total. The maximum Gasteiger partial charge on any atom is 0.251 e. The fraction of sp³-hybridized carbons (Fsp3) is 0.333. The van der Waals surface area contributed by atoms with Crippen LogP contribution in [0.4, 0.5) is 0 Å². The largest absolute Gasteiger partial charge is 0.487 e. The third-order valence-corrected chi connectivity index (χ3v) is 6.02. The molecular formula is C24H27N3O3S. The SMILES string of the molecule is Cc1nc(COc2cccc(C(=O)NC(CN3CCOCC3)c3ccccc3)c2)cs1. The molecule has 4 rings (SSSR count). The van der Waals surface area contributed by atoms with Crippen molar-refractivity contribution in [3.05, 3.63) is 81.8 Å². The van der Waals surface area contributed by atoms with E-state index in [1.165, 1.54) is 0 Å². The smallest absolute Gasteiger partial charge is 0.251 e. The Bertz CT molecular complexity index is 986. The van der Waals surface area contributed by atoms with Gasteiger partial charge in [-0.2, -0.15) is 0 Å². The lowest BCUT2D eigenvalue weighted by Gasteiger charge is -2.31. The summed E-state index contributed by atoms with van der Waals surface area (Å²) < 4.78 is 11.3. The molecule has 1 aliphatic heterocycles. The van der Waals surface area contributed by atoms with Crippen molar-refractivity contribution in [2.24, 2.45) is 0 Å². The number of aromatic nitrogens is 1. The summed E-state index contributed by atoms with van der Waals surface area (Å²) in [6, 6.07) is 17.3. The number of nitrogens with one attached hydrogen (secondary N) is 1. The van der Waals surface area contributed by atoms with E-state index in [-0.39, 0.29) is 11.9 Å². The van der Waals surface area contributed by atoms with E-state index < -0.39 is 0 Å². The van der Waals surface area contributed by atoms with Crippen molar-refractivity contribution in [1.29, 1.82) is 0 Å². The Morgan fingerprint density at radius 3 is 2.74 bits per heavy atom. The first-order valence-electron chi connectivity index (χ1n) is 10.5. The van der Waals surface area contributed by atoms with Gasteiger partial charge in [0, 0.05) is 30.6 Å². The summed E-state index contributed by atoms with van der Waals surface area (Å²) in [6.07, 6.45) is 0. The van der Waals surface area contributed by atoms with Crippen molar-refractivity contribution in [2.75, 3.05) is 32.8 Å². The lowest BCUT2D eigenvalue weighted by molar-refractivity contribution is 0.0332. The molecule has 1 aromatic heterocycles. The summed E-state index contributed by atoms with van der Waals surface area (Å²) in [5.41, 5.74) is 2.57. The zero-order valence-corrected chi connectivity index (χ0v) is 18.4. The summed E-state index contributed by atoms with van der Waals surface area (Å²) in [5.74, 6) is 0.541. The first-order chi connectivity index (χ1) is 15.2. The van der Waals surface area contributed by atoms with Crippen LogP contribution in [-0.2, 0) is 11.3 Å². The van der Waals surface area contributed by atoms with Crippen LogP contribution < -0.4 is 10.1 Å². The minimum Gasteiger partial charge on any atom is -0.487 e. The maximum atomic E-state index is 13.1. The molecule has 1 saturated heterocycles. The van der Waals surface area contributed by atoms with Crippen LogP contribution in [0.2, 0.25) is 0 Å². The maximum absolute atomic E-state index is 13.1. The first kappa shape index (κ1) is 21.5. The standard InChI is InChI=1S/C24H27N3O3S/c1-18-25-21(17-31-18)16-30-22-9-5-8-20(14-22)24(28)26-23(19-6-3-2-4-7-19)15-27-10-12-29-13-11-27/h2-9,14,17,23H,10-13,15-16H2,1H3,(H,26,28). The summed E-state index contributed by atoms with van der Waals surface area (Å²) in [5, 5.41) is 6.21. The highest BCUT2D eigenvalue weighted by Gasteiger charge is 2.21. The number of rotatable bonds is 8. The summed E-state index contributed by atoms with van der Waals surface area (Å²) in [6.45, 7) is 6.31. The molecule has 1 unspecified atom stereocenters. The predicted octanol–water partition coefficient (Wildman–Crippen LogP) is 3.83. The van der Waals surface area contributed by atoms with Crippen LogP contribution in [0.3, 0.4) is 0 Å². The normalized spacial score (nSPS) is 15.4. The van der Waals surface area contributed by atoms with Gasteiger partial charge in [0.05, 0.1) is 30.0 Å². The number of hydrogen-bond acceptors (Lipinski definition) is 6. The fourth-order valence-electron chi connectivity index (χ4n) is 3.56. The topological polar surface area (TPSA) is 63.7 Å². The number of hydrogen-bond donors (Lipinski definition) is 1. The average molecular weight is 438 g/mol. The van der Waals surface area contributed by atoms with Crippen LogP contribution in [-0.4, -0.2) is 48.6 Å². The average Bonchev–Trinajstić information content (AvgIpc) is 3.24. The fourth-order valence-corrected chi connectivity index (χ4v) is 4.16. The van der Waals surface area contributed by atoms with Crippen molar-refractivity contribution in [3.63, 3.8) is 0 Å². The molecule has 0 spiro atoms. The molecule has 0 radical (unpaired) electrons. The zero-order valence-electron chi connectivity index (χ0n) is 17.6. The second kappa shape index (κ2) is 10.5. The molecule has 3 aromatic rings. The van der Waals surface area contributed by atoms with Crippen LogP contribution >= 0.6 is 11.3 Å². The second-order valence-electron chi connectivity index (χ2n) is 7.52. The number of nitrogens with zero attached hydrogens (tertiary/aromatic N) is 2. The van der Waals surface area contributed by atoms with Crippen molar-refractivity contribution in [3.8, 4) is 5.75 Å². The second-order valence-corrected chi connectivity index (χ2v) is 8.59. The van der Waals surface area contributed by atoms with Crippen molar-refractivity contribution < 1.29 is 14.3 Å². The van der Waals surface area contributed by atoms with Gasteiger partial charge in [-0.3, -0.25) is 9.69 Å². The van der Waals surface area contributed by atoms with E-state index in [9.17, 15) is 4.79 Å². The van der Waals surface area contributed by atoms with E-state index in [0.29, 0.717) is 17.9 Å². The first-order valence-corrected chi connectivity index (χ1v) is 11.3. The predicted molar refractivity (Wildman–Crippen MR) is 122 cm³/mol. The molecule has 6 nitrogen and oxygen atoms in total. The molecule has 7 heteroatoms. The van der Waals surface area contributed by atoms with Gasteiger partial charge in [-0.1, -0.05) is 36.4 Å². The van der Waals surface area contributed by atoms with E-state index in [1.54, 1.807) is 17.4 Å². The summed E-state index contributed by atoms with van der Waals surface area (Å²) >= 11 is 1.60. The molecule has 0 bridgehead atoms. The van der Waals surface area contributed by atoms with Crippen LogP contribution in [0.5, 0.6) is 5.75 Å². The molecule has 0 aliphatic carbocycles. The molecule has 2 aromatic carbocycles. The summed E-state index contributed by atoms with van der Waals surface area (Å²) in [7, 11) is 0. The highest BCUT2D eigenvalue weighted by atomic mass is 32.1. The zero-order chi connectivity index (χ0) is 21.5. The third-order valence-electron chi connectivity index (χ3n) is 5.20. The van der Waals surface area contributed by atoms with Gasteiger partial charge in [-0.25, -0.2) is 4.98 Å². The van der Waals surface area contributed by atoms with Crippen LogP contribution in [0, 0.1) is 6.92 Å². The molecule has 162 valence electrons. The number of thiazole rings is 1. The Kier molecular flexibility index (Phi) is 7.30. The van der Waals surface area contributed by atoms with Gasteiger partial charge in [0.25, 0.3) is 5.91 Å². The van der Waals surface area contributed by atoms with Gasteiger partial charge in [0.1, 0.15) is 12.4 Å². The van der Waals surface area contributed by atoms with E-state index in [0.717, 1.165) is 49.1 Å². The van der Waals surface area contributed by atoms with Gasteiger partial charge in [-0.15, -0.1) is 11.3 Å². The quantitative estimate of drug-likeness (QED) is 0.580. The lowest BCUT2D eigenvalue weighted by Crippen LogP contribution is -2.43. The van der Waals surface area contributed by atoms with Gasteiger partial charge in [-0.05, 0) is 30.7 Å². The molecular weight excluding hydrogens is 410 g/mol. The van der Waals surface area contributed by atoms with Crippen molar-refractivity contribution >= 4 is 17.2 Å². The van der Waals surface area contributed by atoms with Gasteiger partial charge < -0.3 is 14.8 Å². The monoisotopic (exact) mass is 437 g/mol. The van der Waals surface area contributed by atoms with Gasteiger partial charge in [0.15, 0.2) is 0 Å². The Morgan fingerprint density at radius 1 is 1.19 bits per heavy atom.